The molecule has 1 amide bonds. The highest BCUT2D eigenvalue weighted by Gasteiger charge is 2.34. The summed E-state index contributed by atoms with van der Waals surface area (Å²) in [5, 5.41) is 0. The van der Waals surface area contributed by atoms with Crippen LogP contribution in [0.1, 0.15) is 22.8 Å². The fourth-order valence-electron chi connectivity index (χ4n) is 4.21. The smallest absolute Gasteiger partial charge is 0.254 e. The second kappa shape index (κ2) is 10.0. The number of hydrogen-bond donors (Lipinski definition) is 0. The summed E-state index contributed by atoms with van der Waals surface area (Å²) in [7, 11) is 2.67. The van der Waals surface area contributed by atoms with Crippen molar-refractivity contribution in [3.63, 3.8) is 0 Å². The Balaban J connectivity index is 1.74. The summed E-state index contributed by atoms with van der Waals surface area (Å²) in [6, 6.07) is 9.24. The molecule has 176 valence electrons. The van der Waals surface area contributed by atoms with Gasteiger partial charge in [-0.05, 0) is 41.8 Å². The summed E-state index contributed by atoms with van der Waals surface area (Å²) < 4.78 is 15.7. The van der Waals surface area contributed by atoms with Crippen LogP contribution in [0.5, 0.6) is 0 Å². The molecule has 2 aromatic rings. The lowest BCUT2D eigenvalue weighted by Gasteiger charge is -2.28. The van der Waals surface area contributed by atoms with Gasteiger partial charge >= 0.3 is 0 Å². The van der Waals surface area contributed by atoms with Crippen molar-refractivity contribution < 1.29 is 28.6 Å². The molecule has 34 heavy (non-hydrogen) atoms. The lowest BCUT2D eigenvalue weighted by atomic mass is 9.87. The second-order valence-corrected chi connectivity index (χ2v) is 8.03. The maximum atomic E-state index is 13.5. The Labute approximate surface area is 197 Å². The van der Waals surface area contributed by atoms with Crippen LogP contribution in [0.3, 0.4) is 0 Å². The number of rotatable bonds is 6. The van der Waals surface area contributed by atoms with Gasteiger partial charge in [0.05, 0.1) is 27.4 Å². The number of amides is 1. The van der Waals surface area contributed by atoms with Crippen molar-refractivity contribution in [1.29, 1.82) is 0 Å². The molecule has 4 rings (SSSR count). The van der Waals surface area contributed by atoms with Crippen LogP contribution in [0.2, 0.25) is 0 Å². The van der Waals surface area contributed by atoms with Gasteiger partial charge in [0.15, 0.2) is 0 Å². The number of Topliss-reactive ketones (excluding diaryl/α,β-unsaturated/α-hetero) is 2. The Hall–Kier alpha value is -3.78. The number of morpholine rings is 1. The zero-order valence-corrected chi connectivity index (χ0v) is 19.4. The zero-order chi connectivity index (χ0) is 24.2. The van der Waals surface area contributed by atoms with E-state index in [0.717, 1.165) is 16.7 Å². The van der Waals surface area contributed by atoms with Crippen LogP contribution in [0, 0.1) is 0 Å². The lowest BCUT2D eigenvalue weighted by molar-refractivity contribution is -0.121. The van der Waals surface area contributed by atoms with Crippen molar-refractivity contribution >= 4 is 17.5 Å². The summed E-state index contributed by atoms with van der Waals surface area (Å²) in [6.45, 7) is 3.61. The predicted octanol–water partition coefficient (Wildman–Crippen LogP) is 2.74. The summed E-state index contributed by atoms with van der Waals surface area (Å²) in [5.74, 6) is -1.08. The van der Waals surface area contributed by atoms with Crippen molar-refractivity contribution in [2.75, 3.05) is 40.5 Å². The number of aromatic nitrogens is 1. The van der Waals surface area contributed by atoms with Gasteiger partial charge in [-0.3, -0.25) is 19.4 Å². The minimum Gasteiger partial charge on any atom is -0.489 e. The molecule has 8 heteroatoms. The summed E-state index contributed by atoms with van der Waals surface area (Å²) in [4.78, 5) is 45.1. The third-order valence-corrected chi connectivity index (χ3v) is 6.08. The number of ether oxygens (including phenoxy) is 3. The second-order valence-electron chi connectivity index (χ2n) is 8.03. The zero-order valence-electron chi connectivity index (χ0n) is 19.4. The summed E-state index contributed by atoms with van der Waals surface area (Å²) >= 11 is 0. The first-order valence-corrected chi connectivity index (χ1v) is 11.0. The molecule has 0 saturated carbocycles. The first kappa shape index (κ1) is 23.4. The molecule has 0 bridgehead atoms. The largest absolute Gasteiger partial charge is 0.489 e. The molecule has 0 radical (unpaired) electrons. The van der Waals surface area contributed by atoms with E-state index in [0.29, 0.717) is 43.0 Å². The molecule has 1 aromatic carbocycles. The van der Waals surface area contributed by atoms with E-state index in [9.17, 15) is 14.4 Å². The highest BCUT2D eigenvalue weighted by Crippen LogP contribution is 2.31. The third kappa shape index (κ3) is 4.36. The van der Waals surface area contributed by atoms with Crippen LogP contribution in [0.4, 0.5) is 0 Å². The van der Waals surface area contributed by atoms with E-state index in [-0.39, 0.29) is 29.6 Å². The maximum Gasteiger partial charge on any atom is 0.254 e. The van der Waals surface area contributed by atoms with Crippen molar-refractivity contribution in [2.24, 2.45) is 0 Å². The molecule has 0 spiro atoms. The monoisotopic (exact) mass is 462 g/mol. The number of carbonyl (C=O) groups is 3. The number of hydrogen-bond acceptors (Lipinski definition) is 7. The molecule has 1 aliphatic heterocycles. The van der Waals surface area contributed by atoms with E-state index in [1.165, 1.54) is 14.2 Å². The van der Waals surface area contributed by atoms with Gasteiger partial charge in [0.2, 0.25) is 23.1 Å². The number of nitrogens with zero attached hydrogens (tertiary/aromatic N) is 2. The fourth-order valence-corrected chi connectivity index (χ4v) is 4.21. The summed E-state index contributed by atoms with van der Waals surface area (Å²) in [6.07, 6.45) is 3.54. The van der Waals surface area contributed by atoms with Gasteiger partial charge in [-0.2, -0.15) is 0 Å². The Morgan fingerprint density at radius 1 is 1.00 bits per heavy atom. The quantitative estimate of drug-likeness (QED) is 0.609. The number of allylic oxidation sites excluding steroid dienone is 2. The number of carbonyl (C=O) groups excluding carboxylic acids is 3. The van der Waals surface area contributed by atoms with Gasteiger partial charge in [0, 0.05) is 48.6 Å². The minimum absolute atomic E-state index is 0.0926. The Bertz CT molecular complexity index is 1190. The Morgan fingerprint density at radius 3 is 2.29 bits per heavy atom. The number of methoxy groups -OCH3 is 2. The van der Waals surface area contributed by atoms with E-state index in [1.54, 1.807) is 30.3 Å². The molecular formula is C26H26N2O6. The first-order valence-electron chi connectivity index (χ1n) is 11.0. The van der Waals surface area contributed by atoms with Crippen molar-refractivity contribution in [3.05, 3.63) is 76.5 Å². The van der Waals surface area contributed by atoms with E-state index in [1.807, 2.05) is 24.3 Å². The van der Waals surface area contributed by atoms with Crippen LogP contribution >= 0.6 is 0 Å². The highest BCUT2D eigenvalue weighted by atomic mass is 16.5. The number of benzene rings is 1. The van der Waals surface area contributed by atoms with Gasteiger partial charge in [-0.1, -0.05) is 12.1 Å². The lowest BCUT2D eigenvalue weighted by Crippen LogP contribution is -2.40. The SMILES string of the molecule is COC1=C(OC)C(=O)C(Cc2ccc(-c3ccncc3)c(C(=O)N3CCOCC3)c2)=C(C)C1=O. The Morgan fingerprint density at radius 2 is 1.65 bits per heavy atom. The van der Waals surface area contributed by atoms with Gasteiger partial charge in [-0.15, -0.1) is 0 Å². The predicted molar refractivity (Wildman–Crippen MR) is 124 cm³/mol. The fraction of sp³-hybridized carbons (Fsp3) is 0.308. The minimum atomic E-state index is -0.393. The summed E-state index contributed by atoms with van der Waals surface area (Å²) in [5.41, 5.74) is 3.54. The molecule has 0 atom stereocenters. The molecule has 8 nitrogen and oxygen atoms in total. The van der Waals surface area contributed by atoms with Crippen LogP contribution in [-0.2, 0) is 30.2 Å². The molecule has 0 N–H and O–H groups in total. The highest BCUT2D eigenvalue weighted by molar-refractivity contribution is 6.23. The van der Waals surface area contributed by atoms with E-state index >= 15 is 0 Å². The van der Waals surface area contributed by atoms with Crippen LogP contribution in [-0.4, -0.2) is 67.9 Å². The van der Waals surface area contributed by atoms with Crippen molar-refractivity contribution in [3.8, 4) is 11.1 Å². The van der Waals surface area contributed by atoms with Gasteiger partial charge in [0.1, 0.15) is 0 Å². The van der Waals surface area contributed by atoms with Crippen molar-refractivity contribution in [2.45, 2.75) is 13.3 Å². The number of ketones is 2. The van der Waals surface area contributed by atoms with E-state index in [2.05, 4.69) is 4.98 Å². The molecule has 1 aromatic heterocycles. The van der Waals surface area contributed by atoms with Crippen LogP contribution in [0.15, 0.2) is 65.4 Å². The van der Waals surface area contributed by atoms with Crippen molar-refractivity contribution in [1.82, 2.24) is 9.88 Å². The number of pyridine rings is 1. The molecule has 1 fully saturated rings. The molecule has 1 saturated heterocycles. The standard InChI is InChI=1S/C26H26N2O6/c1-16-20(23(30)25(33-3)24(32-2)22(16)29)14-17-4-5-19(18-6-8-27-9-7-18)21(15-17)26(31)28-10-12-34-13-11-28/h4-9,15H,10-14H2,1-3H3. The average molecular weight is 463 g/mol. The molecule has 2 aliphatic rings. The average Bonchev–Trinajstić information content (AvgIpc) is 2.89. The van der Waals surface area contributed by atoms with Crippen LogP contribution < -0.4 is 0 Å². The third-order valence-electron chi connectivity index (χ3n) is 6.08. The van der Waals surface area contributed by atoms with Gasteiger partial charge < -0.3 is 19.1 Å². The first-order chi connectivity index (χ1) is 16.5. The molecule has 2 heterocycles. The van der Waals surface area contributed by atoms with E-state index in [4.69, 9.17) is 14.2 Å². The Kier molecular flexibility index (Phi) is 6.88. The maximum absolute atomic E-state index is 13.5. The normalized spacial score (nSPS) is 16.7. The molecule has 0 unspecified atom stereocenters. The molecule has 1 aliphatic carbocycles. The van der Waals surface area contributed by atoms with Gasteiger partial charge in [0.25, 0.3) is 5.91 Å². The van der Waals surface area contributed by atoms with Gasteiger partial charge in [-0.25, -0.2) is 0 Å². The van der Waals surface area contributed by atoms with E-state index < -0.39 is 5.78 Å². The topological polar surface area (TPSA) is 95.0 Å². The molecular weight excluding hydrogens is 436 g/mol. The van der Waals surface area contributed by atoms with Crippen LogP contribution in [0.25, 0.3) is 11.1 Å².